The summed E-state index contributed by atoms with van der Waals surface area (Å²) >= 11 is 3.24. The number of aromatic nitrogens is 1. The molecule has 1 aromatic carbocycles. The number of halogens is 2. The lowest BCUT2D eigenvalue weighted by molar-refractivity contribution is 0.628. The van der Waals surface area contributed by atoms with Crippen molar-refractivity contribution in [1.29, 1.82) is 5.41 Å². The third-order valence-corrected chi connectivity index (χ3v) is 2.61. The highest BCUT2D eigenvalue weighted by atomic mass is 79.9. The highest BCUT2D eigenvalue weighted by molar-refractivity contribution is 9.10. The van der Waals surface area contributed by atoms with Crippen molar-refractivity contribution in [3.63, 3.8) is 0 Å². The van der Waals surface area contributed by atoms with E-state index in [1.54, 1.807) is 24.4 Å². The summed E-state index contributed by atoms with van der Waals surface area (Å²) in [7, 11) is 0. The van der Waals surface area contributed by atoms with Gasteiger partial charge in [-0.15, -0.1) is 0 Å². The summed E-state index contributed by atoms with van der Waals surface area (Å²) < 4.78 is 13.4. The molecule has 0 aliphatic heterocycles. The Hall–Kier alpha value is -1.75. The van der Waals surface area contributed by atoms with E-state index in [0.29, 0.717) is 15.9 Å². The third kappa shape index (κ3) is 2.88. The van der Waals surface area contributed by atoms with Gasteiger partial charge in [0.05, 0.1) is 11.9 Å². The van der Waals surface area contributed by atoms with E-state index in [2.05, 4.69) is 26.2 Å². The Labute approximate surface area is 106 Å². The van der Waals surface area contributed by atoms with Gasteiger partial charge in [0.2, 0.25) is 0 Å². The molecule has 86 valence electrons. The van der Waals surface area contributed by atoms with E-state index in [1.165, 1.54) is 18.3 Å². The van der Waals surface area contributed by atoms with Gasteiger partial charge in [-0.1, -0.05) is 0 Å². The van der Waals surface area contributed by atoms with Crippen LogP contribution in [0.2, 0.25) is 0 Å². The van der Waals surface area contributed by atoms with E-state index in [0.717, 1.165) is 5.69 Å². The van der Waals surface area contributed by atoms with E-state index >= 15 is 0 Å². The van der Waals surface area contributed by atoms with E-state index in [1.807, 2.05) is 0 Å². The van der Waals surface area contributed by atoms with Crippen molar-refractivity contribution < 1.29 is 4.39 Å². The topological polar surface area (TPSA) is 48.8 Å². The highest BCUT2D eigenvalue weighted by Crippen LogP contribution is 2.21. The predicted molar refractivity (Wildman–Crippen MR) is 69.5 cm³/mol. The molecule has 2 aromatic rings. The Morgan fingerprint density at radius 1 is 1.29 bits per heavy atom. The Bertz CT molecular complexity index is 540. The van der Waals surface area contributed by atoms with E-state index in [9.17, 15) is 4.39 Å². The summed E-state index contributed by atoms with van der Waals surface area (Å²) in [6.45, 7) is 0. The smallest absolute Gasteiger partial charge is 0.123 e. The summed E-state index contributed by atoms with van der Waals surface area (Å²) in [5, 5.41) is 10.4. The maximum absolute atomic E-state index is 12.7. The van der Waals surface area contributed by atoms with Crippen molar-refractivity contribution in [2.45, 2.75) is 0 Å². The van der Waals surface area contributed by atoms with E-state index in [-0.39, 0.29) is 5.82 Å². The number of nitrogens with zero attached hydrogens (tertiary/aromatic N) is 1. The molecule has 0 fully saturated rings. The second-order valence-electron chi connectivity index (χ2n) is 3.37. The van der Waals surface area contributed by atoms with Crippen LogP contribution in [-0.4, -0.2) is 11.2 Å². The number of hydrogen-bond acceptors (Lipinski definition) is 3. The van der Waals surface area contributed by atoms with Crippen molar-refractivity contribution in [2.75, 3.05) is 5.32 Å². The van der Waals surface area contributed by atoms with Crippen LogP contribution in [0.4, 0.5) is 15.8 Å². The van der Waals surface area contributed by atoms with Gasteiger partial charge in [-0.05, 0) is 46.3 Å². The Kier molecular flexibility index (Phi) is 3.49. The molecule has 0 spiro atoms. The lowest BCUT2D eigenvalue weighted by Gasteiger charge is -2.09. The van der Waals surface area contributed by atoms with Crippen molar-refractivity contribution in [1.82, 2.24) is 4.98 Å². The summed E-state index contributed by atoms with van der Waals surface area (Å²) in [6, 6.07) is 7.74. The van der Waals surface area contributed by atoms with Crippen molar-refractivity contribution in [3.05, 3.63) is 52.5 Å². The molecule has 5 heteroatoms. The minimum Gasteiger partial charge on any atom is -0.354 e. The van der Waals surface area contributed by atoms with Gasteiger partial charge >= 0.3 is 0 Å². The lowest BCUT2D eigenvalue weighted by atomic mass is 10.2. The summed E-state index contributed by atoms with van der Waals surface area (Å²) in [5.74, 6) is -0.281. The number of pyridine rings is 1. The highest BCUT2D eigenvalue weighted by Gasteiger charge is 2.02. The minimum absolute atomic E-state index is 0.281. The first-order chi connectivity index (χ1) is 8.19. The Morgan fingerprint density at radius 2 is 2.00 bits per heavy atom. The first-order valence-electron chi connectivity index (χ1n) is 4.87. The number of hydrogen-bond donors (Lipinski definition) is 2. The zero-order valence-corrected chi connectivity index (χ0v) is 10.3. The van der Waals surface area contributed by atoms with E-state index < -0.39 is 0 Å². The molecule has 1 heterocycles. The molecular formula is C12H9BrFN3. The first-order valence-corrected chi connectivity index (χ1v) is 5.67. The van der Waals surface area contributed by atoms with Crippen LogP contribution < -0.4 is 5.32 Å². The fourth-order valence-corrected chi connectivity index (χ4v) is 1.71. The van der Waals surface area contributed by atoms with Crippen molar-refractivity contribution in [3.8, 4) is 0 Å². The van der Waals surface area contributed by atoms with Gasteiger partial charge in [0, 0.05) is 17.5 Å². The van der Waals surface area contributed by atoms with Crippen LogP contribution in [0.5, 0.6) is 0 Å². The van der Waals surface area contributed by atoms with Crippen LogP contribution in [-0.2, 0) is 0 Å². The molecule has 1 aromatic heterocycles. The summed E-state index contributed by atoms with van der Waals surface area (Å²) in [4.78, 5) is 4.08. The molecule has 0 amide bonds. The van der Waals surface area contributed by atoms with Gasteiger partial charge in [0.15, 0.2) is 0 Å². The van der Waals surface area contributed by atoms with Crippen molar-refractivity contribution in [2.24, 2.45) is 0 Å². The minimum atomic E-state index is -0.281. The number of rotatable bonds is 3. The van der Waals surface area contributed by atoms with Crippen LogP contribution in [0.25, 0.3) is 0 Å². The molecule has 2 N–H and O–H groups in total. The number of anilines is 2. The maximum Gasteiger partial charge on any atom is 0.123 e. The third-order valence-electron chi connectivity index (χ3n) is 2.18. The summed E-state index contributed by atoms with van der Waals surface area (Å²) in [5.41, 5.74) is 2.16. The monoisotopic (exact) mass is 293 g/mol. The quantitative estimate of drug-likeness (QED) is 0.669. The molecular weight excluding hydrogens is 285 g/mol. The maximum atomic E-state index is 12.7. The largest absolute Gasteiger partial charge is 0.354 e. The van der Waals surface area contributed by atoms with Gasteiger partial charge in [-0.3, -0.25) is 0 Å². The van der Waals surface area contributed by atoms with Crippen molar-refractivity contribution >= 4 is 33.5 Å². The molecule has 0 atom stereocenters. The second-order valence-corrected chi connectivity index (χ2v) is 4.18. The van der Waals surface area contributed by atoms with Gasteiger partial charge in [-0.25, -0.2) is 9.37 Å². The number of nitrogens with one attached hydrogen (secondary N) is 2. The van der Waals surface area contributed by atoms with Gasteiger partial charge in [0.25, 0.3) is 0 Å². The average Bonchev–Trinajstić information content (AvgIpc) is 2.34. The van der Waals surface area contributed by atoms with Gasteiger partial charge in [-0.2, -0.15) is 0 Å². The van der Waals surface area contributed by atoms with E-state index in [4.69, 9.17) is 5.41 Å². The molecule has 0 unspecified atom stereocenters. The lowest BCUT2D eigenvalue weighted by Crippen LogP contribution is -1.96. The first kappa shape index (κ1) is 11.7. The standard InChI is InChI=1S/C12H9BrFN3/c13-12-5-8(6-15)11(7-16-12)17-10-3-1-9(14)2-4-10/h1-7,15,17H. The van der Waals surface area contributed by atoms with Crippen LogP contribution in [0, 0.1) is 11.2 Å². The summed E-state index contributed by atoms with van der Waals surface area (Å²) in [6.07, 6.45) is 2.85. The number of benzene rings is 1. The normalized spacial score (nSPS) is 10.0. The van der Waals surface area contributed by atoms with Gasteiger partial charge in [0.1, 0.15) is 10.4 Å². The molecule has 0 saturated carbocycles. The zero-order valence-electron chi connectivity index (χ0n) is 8.74. The van der Waals surface area contributed by atoms with Crippen LogP contribution in [0.1, 0.15) is 5.56 Å². The molecule has 2 rings (SSSR count). The molecule has 0 aliphatic carbocycles. The molecule has 0 saturated heterocycles. The predicted octanol–water partition coefficient (Wildman–Crippen LogP) is 3.72. The molecule has 0 bridgehead atoms. The average molecular weight is 294 g/mol. The fraction of sp³-hybridized carbons (Fsp3) is 0. The Morgan fingerprint density at radius 3 is 2.65 bits per heavy atom. The van der Waals surface area contributed by atoms with Crippen LogP contribution in [0.15, 0.2) is 41.1 Å². The van der Waals surface area contributed by atoms with Crippen LogP contribution in [0.3, 0.4) is 0 Å². The molecule has 3 nitrogen and oxygen atoms in total. The SMILES string of the molecule is N=Cc1cc(Br)ncc1Nc1ccc(F)cc1. The van der Waals surface area contributed by atoms with Crippen LogP contribution >= 0.6 is 15.9 Å². The molecule has 17 heavy (non-hydrogen) atoms. The second kappa shape index (κ2) is 5.05. The van der Waals surface area contributed by atoms with Gasteiger partial charge < -0.3 is 10.7 Å². The zero-order chi connectivity index (χ0) is 12.3. The Balaban J connectivity index is 2.29. The molecule has 0 radical (unpaired) electrons. The fourth-order valence-electron chi connectivity index (χ4n) is 1.36. The molecule has 0 aliphatic rings.